The van der Waals surface area contributed by atoms with E-state index < -0.39 is 0 Å². The maximum absolute atomic E-state index is 12.7. The molecular formula is C18H23N3O4S. The van der Waals surface area contributed by atoms with Crippen molar-refractivity contribution in [1.82, 2.24) is 9.78 Å². The molecule has 1 atom stereocenters. The molecule has 0 amide bonds. The lowest BCUT2D eigenvalue weighted by atomic mass is 10.0. The number of aromatic nitrogens is 2. The van der Waals surface area contributed by atoms with Crippen LogP contribution in [0.1, 0.15) is 43.2 Å². The van der Waals surface area contributed by atoms with Crippen LogP contribution in [0, 0.1) is 0 Å². The maximum atomic E-state index is 12.7. The van der Waals surface area contributed by atoms with Crippen LogP contribution in [-0.4, -0.2) is 36.2 Å². The molecule has 8 heteroatoms. The zero-order valence-corrected chi connectivity index (χ0v) is 16.6. The molecule has 0 saturated carbocycles. The minimum atomic E-state index is -0.249. The van der Waals surface area contributed by atoms with Crippen LogP contribution in [0.4, 0.5) is 5.82 Å². The number of nitrogens with zero attached hydrogens (tertiary/aromatic N) is 2. The van der Waals surface area contributed by atoms with E-state index in [9.17, 15) is 4.79 Å². The van der Waals surface area contributed by atoms with Gasteiger partial charge in [-0.15, -0.1) is 0 Å². The van der Waals surface area contributed by atoms with E-state index in [1.165, 1.54) is 11.8 Å². The third-order valence-corrected chi connectivity index (χ3v) is 5.44. The van der Waals surface area contributed by atoms with E-state index in [0.29, 0.717) is 28.6 Å². The van der Waals surface area contributed by atoms with Crippen molar-refractivity contribution in [3.63, 3.8) is 0 Å². The first-order valence-corrected chi connectivity index (χ1v) is 9.16. The van der Waals surface area contributed by atoms with Crippen molar-refractivity contribution in [2.45, 2.75) is 32.1 Å². The second-order valence-electron chi connectivity index (χ2n) is 6.19. The number of fused-ring (bicyclic) bond motifs is 1. The SMILES string of the molecule is COc1ccc([C@H]2SC(C)=Nc3c2c(=O)[nH]n3C(C)C)c(OC)c1OC. The fraction of sp³-hybridized carbons (Fsp3) is 0.444. The molecule has 3 rings (SSSR count). The van der Waals surface area contributed by atoms with Gasteiger partial charge in [0.15, 0.2) is 17.3 Å². The molecule has 2 aromatic rings. The number of H-pyrrole nitrogens is 1. The lowest BCUT2D eigenvalue weighted by molar-refractivity contribution is 0.322. The number of methoxy groups -OCH3 is 3. The van der Waals surface area contributed by atoms with E-state index in [2.05, 4.69) is 10.1 Å². The van der Waals surface area contributed by atoms with Gasteiger partial charge in [-0.3, -0.25) is 14.6 Å². The molecule has 0 spiro atoms. The van der Waals surface area contributed by atoms with E-state index >= 15 is 0 Å². The molecule has 7 nitrogen and oxygen atoms in total. The second kappa shape index (κ2) is 7.11. The van der Waals surface area contributed by atoms with E-state index in [1.54, 1.807) is 26.0 Å². The van der Waals surface area contributed by atoms with Gasteiger partial charge >= 0.3 is 0 Å². The Labute approximate surface area is 156 Å². The van der Waals surface area contributed by atoms with Crippen molar-refractivity contribution < 1.29 is 14.2 Å². The monoisotopic (exact) mass is 377 g/mol. The first-order valence-electron chi connectivity index (χ1n) is 8.28. The van der Waals surface area contributed by atoms with Crippen molar-refractivity contribution in [2.75, 3.05) is 21.3 Å². The van der Waals surface area contributed by atoms with E-state index in [-0.39, 0.29) is 16.9 Å². The Kier molecular flexibility index (Phi) is 5.04. The highest BCUT2D eigenvalue weighted by molar-refractivity contribution is 8.14. The summed E-state index contributed by atoms with van der Waals surface area (Å²) >= 11 is 1.52. The molecule has 2 heterocycles. The van der Waals surface area contributed by atoms with E-state index in [4.69, 9.17) is 14.2 Å². The van der Waals surface area contributed by atoms with Crippen LogP contribution in [0.3, 0.4) is 0 Å². The Bertz CT molecular complexity index is 914. The molecule has 0 fully saturated rings. The van der Waals surface area contributed by atoms with Crippen molar-refractivity contribution in [2.24, 2.45) is 4.99 Å². The number of aromatic amines is 1. The lowest BCUT2D eigenvalue weighted by Gasteiger charge is -2.24. The fourth-order valence-corrected chi connectivity index (χ4v) is 4.26. The van der Waals surface area contributed by atoms with Crippen LogP contribution in [0.2, 0.25) is 0 Å². The molecule has 1 aliphatic rings. The van der Waals surface area contributed by atoms with E-state index in [1.807, 2.05) is 32.9 Å². The van der Waals surface area contributed by atoms with Gasteiger partial charge < -0.3 is 14.2 Å². The predicted molar refractivity (Wildman–Crippen MR) is 104 cm³/mol. The molecule has 0 unspecified atom stereocenters. The zero-order valence-electron chi connectivity index (χ0n) is 15.7. The quantitative estimate of drug-likeness (QED) is 0.860. The largest absolute Gasteiger partial charge is 0.493 e. The highest BCUT2D eigenvalue weighted by atomic mass is 32.2. The Hall–Kier alpha value is -2.35. The van der Waals surface area contributed by atoms with E-state index in [0.717, 1.165) is 10.6 Å². The molecule has 140 valence electrons. The summed E-state index contributed by atoms with van der Waals surface area (Å²) in [6, 6.07) is 3.83. The normalized spacial score (nSPS) is 16.3. The summed E-state index contributed by atoms with van der Waals surface area (Å²) in [7, 11) is 4.73. The topological polar surface area (TPSA) is 77.8 Å². The minimum Gasteiger partial charge on any atom is -0.493 e. The van der Waals surface area contributed by atoms with Gasteiger partial charge in [-0.25, -0.2) is 4.99 Å². The number of benzene rings is 1. The van der Waals surface area contributed by atoms with Gasteiger partial charge in [0.2, 0.25) is 5.75 Å². The van der Waals surface area contributed by atoms with Crippen LogP contribution in [0.25, 0.3) is 0 Å². The van der Waals surface area contributed by atoms with Gasteiger partial charge in [0.05, 0.1) is 37.2 Å². The highest BCUT2D eigenvalue weighted by Crippen LogP contribution is 2.50. The molecule has 26 heavy (non-hydrogen) atoms. The smallest absolute Gasteiger partial charge is 0.271 e. The Balaban J connectivity index is 2.25. The van der Waals surface area contributed by atoms with Crippen LogP contribution in [0.5, 0.6) is 17.2 Å². The Morgan fingerprint density at radius 1 is 1.15 bits per heavy atom. The van der Waals surface area contributed by atoms with Gasteiger partial charge in [-0.05, 0) is 32.9 Å². The third-order valence-electron chi connectivity index (χ3n) is 4.28. The summed E-state index contributed by atoms with van der Waals surface area (Å²) in [6.45, 7) is 5.96. The molecule has 1 aromatic carbocycles. The standard InChI is InChI=1S/C18H23N3O4S/c1-9(2)21-17-13(18(22)20-21)16(26-10(3)19-17)11-7-8-12(23-4)15(25-6)14(11)24-5/h7-9,16H,1-6H3,(H,20,22)/t16-/m1/s1. The van der Waals surface area contributed by atoms with Crippen molar-refractivity contribution in [1.29, 1.82) is 0 Å². The van der Waals surface area contributed by atoms with Crippen LogP contribution >= 0.6 is 11.8 Å². The minimum absolute atomic E-state index is 0.0963. The number of rotatable bonds is 5. The summed E-state index contributed by atoms with van der Waals surface area (Å²) < 4.78 is 18.3. The van der Waals surface area contributed by atoms with Crippen molar-refractivity contribution in [3.05, 3.63) is 33.6 Å². The average Bonchev–Trinajstić information content (AvgIpc) is 2.96. The summed E-state index contributed by atoms with van der Waals surface area (Å²) in [5.74, 6) is 2.31. The molecule has 0 radical (unpaired) electrons. The maximum Gasteiger partial charge on any atom is 0.271 e. The Morgan fingerprint density at radius 3 is 2.42 bits per heavy atom. The molecule has 1 N–H and O–H groups in total. The fourth-order valence-electron chi connectivity index (χ4n) is 3.13. The molecule has 0 bridgehead atoms. The summed E-state index contributed by atoms with van der Waals surface area (Å²) in [5.41, 5.74) is 1.33. The number of hydrogen-bond acceptors (Lipinski definition) is 6. The number of aliphatic imine (C=N–C) groups is 1. The predicted octanol–water partition coefficient (Wildman–Crippen LogP) is 3.67. The Morgan fingerprint density at radius 2 is 1.85 bits per heavy atom. The molecule has 1 aliphatic heterocycles. The highest BCUT2D eigenvalue weighted by Gasteiger charge is 2.33. The van der Waals surface area contributed by atoms with Gasteiger partial charge in [0.25, 0.3) is 5.56 Å². The van der Waals surface area contributed by atoms with Crippen LogP contribution in [0.15, 0.2) is 21.9 Å². The van der Waals surface area contributed by atoms with Crippen molar-refractivity contribution in [3.8, 4) is 17.2 Å². The second-order valence-corrected chi connectivity index (χ2v) is 7.49. The van der Waals surface area contributed by atoms with Gasteiger partial charge in [0, 0.05) is 11.6 Å². The van der Waals surface area contributed by atoms with Crippen LogP contribution < -0.4 is 19.8 Å². The third kappa shape index (κ3) is 2.88. The lowest BCUT2D eigenvalue weighted by Crippen LogP contribution is -2.14. The van der Waals surface area contributed by atoms with Crippen molar-refractivity contribution >= 4 is 22.6 Å². The first-order chi connectivity index (χ1) is 12.4. The number of thioether (sulfide) groups is 1. The number of nitrogens with one attached hydrogen (secondary N) is 1. The molecule has 0 aliphatic carbocycles. The van der Waals surface area contributed by atoms with Gasteiger partial charge in [-0.2, -0.15) is 0 Å². The number of hydrogen-bond donors (Lipinski definition) is 1. The molecule has 1 aromatic heterocycles. The molecular weight excluding hydrogens is 354 g/mol. The zero-order chi connectivity index (χ0) is 19.0. The molecule has 0 saturated heterocycles. The summed E-state index contributed by atoms with van der Waals surface area (Å²) in [4.78, 5) is 17.3. The average molecular weight is 377 g/mol. The summed E-state index contributed by atoms with van der Waals surface area (Å²) in [5, 5.41) is 3.54. The van der Waals surface area contributed by atoms with Crippen LogP contribution in [-0.2, 0) is 0 Å². The van der Waals surface area contributed by atoms with Gasteiger partial charge in [-0.1, -0.05) is 11.8 Å². The first kappa shape index (κ1) is 18.4. The summed E-state index contributed by atoms with van der Waals surface area (Å²) in [6.07, 6.45) is 0. The number of ether oxygens (including phenoxy) is 3. The van der Waals surface area contributed by atoms with Gasteiger partial charge in [0.1, 0.15) is 0 Å².